The molecule has 0 aliphatic carbocycles. The average Bonchev–Trinajstić information content (AvgIpc) is 2.92. The standard InChI is InChI=1S/C13H15N3O4/c1-2-15-7-11(6-14-15)9-20-13-5-10(8-17)3-4-12(13)16(18)19/h3-7,17H,2,8-9H2,1H3. The highest BCUT2D eigenvalue weighted by molar-refractivity contribution is 5.48. The summed E-state index contributed by atoms with van der Waals surface area (Å²) in [7, 11) is 0. The number of aryl methyl sites for hydroxylation is 1. The average molecular weight is 277 g/mol. The van der Waals surface area contributed by atoms with Gasteiger partial charge >= 0.3 is 5.69 Å². The van der Waals surface area contributed by atoms with Crippen molar-refractivity contribution in [2.24, 2.45) is 0 Å². The number of rotatable bonds is 6. The van der Waals surface area contributed by atoms with E-state index < -0.39 is 4.92 Å². The number of ether oxygens (including phenoxy) is 1. The molecule has 2 aromatic rings. The summed E-state index contributed by atoms with van der Waals surface area (Å²) in [6, 6.07) is 4.30. The van der Waals surface area contributed by atoms with Gasteiger partial charge in [-0.15, -0.1) is 0 Å². The number of benzene rings is 1. The zero-order valence-corrected chi connectivity index (χ0v) is 11.0. The maximum atomic E-state index is 10.9. The summed E-state index contributed by atoms with van der Waals surface area (Å²) in [5, 5.41) is 24.1. The number of hydrogen-bond donors (Lipinski definition) is 1. The first-order valence-corrected chi connectivity index (χ1v) is 6.16. The minimum absolute atomic E-state index is 0.120. The van der Waals surface area contributed by atoms with E-state index in [1.807, 2.05) is 13.1 Å². The smallest absolute Gasteiger partial charge is 0.310 e. The molecule has 7 heteroatoms. The van der Waals surface area contributed by atoms with Crippen LogP contribution in [0.4, 0.5) is 5.69 Å². The summed E-state index contributed by atoms with van der Waals surface area (Å²) >= 11 is 0. The Morgan fingerprint density at radius 2 is 2.25 bits per heavy atom. The fourth-order valence-electron chi connectivity index (χ4n) is 1.74. The second kappa shape index (κ2) is 6.16. The van der Waals surface area contributed by atoms with E-state index in [1.54, 1.807) is 10.9 Å². The summed E-state index contributed by atoms with van der Waals surface area (Å²) in [6.45, 7) is 2.71. The number of hydrogen-bond acceptors (Lipinski definition) is 5. The van der Waals surface area contributed by atoms with Crippen LogP contribution in [0.5, 0.6) is 5.75 Å². The lowest BCUT2D eigenvalue weighted by atomic mass is 10.2. The minimum atomic E-state index is -0.508. The summed E-state index contributed by atoms with van der Waals surface area (Å²) in [5.74, 6) is 0.144. The minimum Gasteiger partial charge on any atom is -0.482 e. The molecule has 0 aliphatic heterocycles. The molecule has 0 amide bonds. The third-order valence-electron chi connectivity index (χ3n) is 2.81. The molecule has 0 unspecified atom stereocenters. The molecule has 0 saturated heterocycles. The molecule has 0 fully saturated rings. The zero-order chi connectivity index (χ0) is 14.5. The molecule has 1 heterocycles. The molecule has 0 radical (unpaired) electrons. The second-order valence-electron chi connectivity index (χ2n) is 4.21. The highest BCUT2D eigenvalue weighted by Gasteiger charge is 2.15. The molecule has 0 bridgehead atoms. The van der Waals surface area contributed by atoms with Crippen LogP contribution >= 0.6 is 0 Å². The van der Waals surface area contributed by atoms with Gasteiger partial charge in [0.15, 0.2) is 5.75 Å². The number of aliphatic hydroxyl groups excluding tert-OH is 1. The first-order chi connectivity index (χ1) is 9.63. The van der Waals surface area contributed by atoms with Crippen LogP contribution in [0.3, 0.4) is 0 Å². The molecule has 20 heavy (non-hydrogen) atoms. The van der Waals surface area contributed by atoms with Crippen LogP contribution in [0.15, 0.2) is 30.6 Å². The molecular weight excluding hydrogens is 262 g/mol. The van der Waals surface area contributed by atoms with Gasteiger partial charge in [-0.25, -0.2) is 0 Å². The van der Waals surface area contributed by atoms with Crippen molar-refractivity contribution in [2.45, 2.75) is 26.7 Å². The van der Waals surface area contributed by atoms with Gasteiger partial charge in [0.1, 0.15) is 6.61 Å². The highest BCUT2D eigenvalue weighted by atomic mass is 16.6. The monoisotopic (exact) mass is 277 g/mol. The van der Waals surface area contributed by atoms with E-state index in [0.29, 0.717) is 5.56 Å². The lowest BCUT2D eigenvalue weighted by Crippen LogP contribution is -2.00. The van der Waals surface area contributed by atoms with Gasteiger partial charge in [-0.05, 0) is 24.6 Å². The molecule has 106 valence electrons. The van der Waals surface area contributed by atoms with Crippen molar-refractivity contribution >= 4 is 5.69 Å². The molecule has 1 aromatic heterocycles. The quantitative estimate of drug-likeness (QED) is 0.643. The molecule has 0 saturated carbocycles. The predicted octanol–water partition coefficient (Wildman–Crippen LogP) is 1.88. The molecule has 1 N–H and O–H groups in total. The first kappa shape index (κ1) is 14.0. The van der Waals surface area contributed by atoms with Gasteiger partial charge in [-0.2, -0.15) is 5.10 Å². The first-order valence-electron chi connectivity index (χ1n) is 6.16. The summed E-state index contributed by atoms with van der Waals surface area (Å²) in [6.07, 6.45) is 3.48. The van der Waals surface area contributed by atoms with E-state index in [-0.39, 0.29) is 24.7 Å². The fourth-order valence-corrected chi connectivity index (χ4v) is 1.74. The fraction of sp³-hybridized carbons (Fsp3) is 0.308. The Hall–Kier alpha value is -2.41. The van der Waals surface area contributed by atoms with E-state index in [4.69, 9.17) is 9.84 Å². The molecule has 7 nitrogen and oxygen atoms in total. The third-order valence-corrected chi connectivity index (χ3v) is 2.81. The maximum Gasteiger partial charge on any atom is 0.310 e. The van der Waals surface area contributed by atoms with E-state index in [9.17, 15) is 10.1 Å². The van der Waals surface area contributed by atoms with Crippen molar-refractivity contribution < 1.29 is 14.8 Å². The van der Waals surface area contributed by atoms with E-state index in [0.717, 1.165) is 12.1 Å². The van der Waals surface area contributed by atoms with Crippen molar-refractivity contribution in [2.75, 3.05) is 0 Å². The lowest BCUT2D eigenvalue weighted by Gasteiger charge is -2.07. The summed E-state index contributed by atoms with van der Waals surface area (Å²) in [5.41, 5.74) is 1.27. The third kappa shape index (κ3) is 3.12. The Kier molecular flexibility index (Phi) is 4.31. The van der Waals surface area contributed by atoms with Gasteiger partial charge in [0.2, 0.25) is 0 Å². The molecule has 0 aliphatic rings. The largest absolute Gasteiger partial charge is 0.482 e. The summed E-state index contributed by atoms with van der Waals surface area (Å²) < 4.78 is 7.23. The molecule has 1 aromatic carbocycles. The van der Waals surface area contributed by atoms with Crippen LogP contribution in [-0.2, 0) is 19.8 Å². The van der Waals surface area contributed by atoms with Gasteiger partial charge in [-0.3, -0.25) is 14.8 Å². The second-order valence-corrected chi connectivity index (χ2v) is 4.21. The number of aliphatic hydroxyl groups is 1. The summed E-state index contributed by atoms with van der Waals surface area (Å²) in [4.78, 5) is 10.4. The van der Waals surface area contributed by atoms with Crippen molar-refractivity contribution in [3.05, 3.63) is 51.8 Å². The Morgan fingerprint density at radius 3 is 2.85 bits per heavy atom. The predicted molar refractivity (Wildman–Crippen MR) is 71.3 cm³/mol. The van der Waals surface area contributed by atoms with Crippen LogP contribution < -0.4 is 4.74 Å². The molecule has 2 rings (SSSR count). The highest BCUT2D eigenvalue weighted by Crippen LogP contribution is 2.28. The number of nitro groups is 1. The molecule has 0 spiro atoms. The lowest BCUT2D eigenvalue weighted by molar-refractivity contribution is -0.386. The van der Waals surface area contributed by atoms with Crippen LogP contribution in [0.2, 0.25) is 0 Å². The van der Waals surface area contributed by atoms with Crippen molar-refractivity contribution in [1.82, 2.24) is 9.78 Å². The van der Waals surface area contributed by atoms with Crippen molar-refractivity contribution in [3.8, 4) is 5.75 Å². The zero-order valence-electron chi connectivity index (χ0n) is 11.0. The van der Waals surface area contributed by atoms with Gasteiger partial charge in [0.25, 0.3) is 0 Å². The maximum absolute atomic E-state index is 10.9. The Balaban J connectivity index is 2.16. The number of nitrogens with zero attached hydrogens (tertiary/aromatic N) is 3. The number of nitro benzene ring substituents is 1. The van der Waals surface area contributed by atoms with Gasteiger partial charge < -0.3 is 9.84 Å². The molecule has 0 atom stereocenters. The Bertz CT molecular complexity index is 609. The van der Waals surface area contributed by atoms with Crippen LogP contribution in [0.1, 0.15) is 18.1 Å². The van der Waals surface area contributed by atoms with E-state index in [2.05, 4.69) is 5.10 Å². The van der Waals surface area contributed by atoms with E-state index >= 15 is 0 Å². The SMILES string of the molecule is CCn1cc(COc2cc(CO)ccc2[N+](=O)[O-])cn1. The van der Waals surface area contributed by atoms with Crippen molar-refractivity contribution in [1.29, 1.82) is 0 Å². The van der Waals surface area contributed by atoms with E-state index in [1.165, 1.54) is 18.2 Å². The number of aromatic nitrogens is 2. The normalized spacial score (nSPS) is 10.5. The van der Waals surface area contributed by atoms with Gasteiger partial charge in [0.05, 0.1) is 17.7 Å². The Labute approximate surface area is 115 Å². The van der Waals surface area contributed by atoms with Crippen molar-refractivity contribution in [3.63, 3.8) is 0 Å². The Morgan fingerprint density at radius 1 is 1.45 bits per heavy atom. The van der Waals surface area contributed by atoms with Crippen LogP contribution in [0.25, 0.3) is 0 Å². The van der Waals surface area contributed by atoms with Crippen LogP contribution in [0, 0.1) is 10.1 Å². The van der Waals surface area contributed by atoms with Gasteiger partial charge in [0, 0.05) is 24.4 Å². The topological polar surface area (TPSA) is 90.4 Å². The molecular formula is C13H15N3O4. The van der Waals surface area contributed by atoms with Crippen LogP contribution in [-0.4, -0.2) is 19.8 Å². The van der Waals surface area contributed by atoms with Gasteiger partial charge in [-0.1, -0.05) is 0 Å².